The van der Waals surface area contributed by atoms with Gasteiger partial charge in [0, 0.05) is 32.3 Å². The molecule has 1 atom stereocenters. The van der Waals surface area contributed by atoms with Crippen LogP contribution in [0.25, 0.3) is 0 Å². The lowest BCUT2D eigenvalue weighted by Gasteiger charge is -2.35. The van der Waals surface area contributed by atoms with Crippen LogP contribution in [0.15, 0.2) is 0 Å². The summed E-state index contributed by atoms with van der Waals surface area (Å²) in [4.78, 5) is 2.47. The number of likely N-dealkylation sites (N-methyl/N-ethyl adjacent to an activating group) is 1. The van der Waals surface area contributed by atoms with Crippen LogP contribution in [0.2, 0.25) is 0 Å². The lowest BCUT2D eigenvalue weighted by atomic mass is 10.1. The van der Waals surface area contributed by atoms with Crippen molar-refractivity contribution in [3.8, 4) is 0 Å². The quantitative estimate of drug-likeness (QED) is 0.655. The molecule has 1 heterocycles. The van der Waals surface area contributed by atoms with Gasteiger partial charge >= 0.3 is 0 Å². The Morgan fingerprint density at radius 3 is 2.41 bits per heavy atom. The normalized spacial score (nSPS) is 21.4. The summed E-state index contributed by atoms with van der Waals surface area (Å²) in [6, 6.07) is 0.636. The molecule has 0 aromatic rings. The number of rotatable bonds is 8. The Kier molecular flexibility index (Phi) is 7.77. The van der Waals surface area contributed by atoms with Crippen molar-refractivity contribution >= 4 is 0 Å². The van der Waals surface area contributed by atoms with Gasteiger partial charge in [-0.05, 0) is 39.8 Å². The van der Waals surface area contributed by atoms with E-state index in [0.717, 1.165) is 26.2 Å². The molecule has 0 spiro atoms. The summed E-state index contributed by atoms with van der Waals surface area (Å²) in [6.45, 7) is 11.9. The lowest BCUT2D eigenvalue weighted by Crippen LogP contribution is -2.49. The largest absolute Gasteiger partial charge is 0.352 e. The Balaban J connectivity index is 2.41. The van der Waals surface area contributed by atoms with Crippen LogP contribution in [0.5, 0.6) is 0 Å². The average Bonchev–Trinajstić information content (AvgIpc) is 2.37. The first-order valence-corrected chi connectivity index (χ1v) is 6.99. The van der Waals surface area contributed by atoms with Crippen LogP contribution in [-0.2, 0) is 9.47 Å². The van der Waals surface area contributed by atoms with Crippen LogP contribution >= 0.6 is 0 Å². The molecule has 1 rings (SSSR count). The summed E-state index contributed by atoms with van der Waals surface area (Å²) < 4.78 is 11.2. The molecule has 102 valence electrons. The highest BCUT2D eigenvalue weighted by Gasteiger charge is 2.22. The maximum atomic E-state index is 5.62. The number of ether oxygens (including phenoxy) is 2. The predicted molar refractivity (Wildman–Crippen MR) is 70.2 cm³/mol. The first-order valence-electron chi connectivity index (χ1n) is 6.99. The number of hydrogen-bond acceptors (Lipinski definition) is 4. The van der Waals surface area contributed by atoms with E-state index in [0.29, 0.717) is 19.3 Å². The highest BCUT2D eigenvalue weighted by atomic mass is 16.7. The molecule has 0 aliphatic carbocycles. The van der Waals surface area contributed by atoms with Crippen molar-refractivity contribution in [1.29, 1.82) is 0 Å². The molecule has 0 bridgehead atoms. The smallest absolute Gasteiger partial charge is 0.170 e. The number of piperidine rings is 1. The van der Waals surface area contributed by atoms with Crippen molar-refractivity contribution in [2.45, 2.75) is 45.9 Å². The fourth-order valence-electron chi connectivity index (χ4n) is 2.40. The van der Waals surface area contributed by atoms with Crippen molar-refractivity contribution in [2.75, 3.05) is 39.4 Å². The van der Waals surface area contributed by atoms with E-state index >= 15 is 0 Å². The molecule has 0 amide bonds. The van der Waals surface area contributed by atoms with Crippen molar-refractivity contribution < 1.29 is 9.47 Å². The maximum absolute atomic E-state index is 5.62. The summed E-state index contributed by atoms with van der Waals surface area (Å²) in [5.74, 6) is 0. The van der Waals surface area contributed by atoms with E-state index in [4.69, 9.17) is 9.47 Å². The molecule has 17 heavy (non-hydrogen) atoms. The zero-order valence-electron chi connectivity index (χ0n) is 11.6. The topological polar surface area (TPSA) is 33.7 Å². The van der Waals surface area contributed by atoms with E-state index in [1.54, 1.807) is 0 Å². The molecule has 0 saturated carbocycles. The van der Waals surface area contributed by atoms with Crippen LogP contribution in [0.3, 0.4) is 0 Å². The monoisotopic (exact) mass is 244 g/mol. The Morgan fingerprint density at radius 1 is 1.24 bits per heavy atom. The van der Waals surface area contributed by atoms with Gasteiger partial charge in [0.2, 0.25) is 0 Å². The number of nitrogens with zero attached hydrogens (tertiary/aromatic N) is 1. The average molecular weight is 244 g/mol. The minimum absolute atomic E-state index is 0.0770. The third kappa shape index (κ3) is 5.34. The van der Waals surface area contributed by atoms with E-state index in [2.05, 4.69) is 17.1 Å². The molecule has 0 aromatic heterocycles. The fourth-order valence-corrected chi connectivity index (χ4v) is 2.40. The Hall–Kier alpha value is -0.160. The predicted octanol–water partition coefficient (Wildman–Crippen LogP) is 1.46. The molecule has 4 heteroatoms. The van der Waals surface area contributed by atoms with Crippen molar-refractivity contribution in [3.05, 3.63) is 0 Å². The summed E-state index contributed by atoms with van der Waals surface area (Å²) in [5.41, 5.74) is 0. The second-order valence-corrected chi connectivity index (χ2v) is 4.43. The molecule has 0 aromatic carbocycles. The zero-order chi connectivity index (χ0) is 12.5. The molecular weight excluding hydrogens is 216 g/mol. The van der Waals surface area contributed by atoms with E-state index < -0.39 is 0 Å². The first-order chi connectivity index (χ1) is 8.31. The van der Waals surface area contributed by atoms with E-state index in [-0.39, 0.29) is 6.29 Å². The van der Waals surface area contributed by atoms with E-state index in [9.17, 15) is 0 Å². The van der Waals surface area contributed by atoms with Crippen LogP contribution < -0.4 is 5.32 Å². The Labute approximate surface area is 106 Å². The Morgan fingerprint density at radius 2 is 1.94 bits per heavy atom. The van der Waals surface area contributed by atoms with Gasteiger partial charge in [-0.1, -0.05) is 6.92 Å². The van der Waals surface area contributed by atoms with Crippen molar-refractivity contribution in [2.24, 2.45) is 0 Å². The summed E-state index contributed by atoms with van der Waals surface area (Å²) in [6.07, 6.45) is 2.48. The molecule has 1 N–H and O–H groups in total. The zero-order valence-corrected chi connectivity index (χ0v) is 11.6. The van der Waals surface area contributed by atoms with Crippen molar-refractivity contribution in [3.63, 3.8) is 0 Å². The van der Waals surface area contributed by atoms with Crippen LogP contribution in [0.4, 0.5) is 0 Å². The molecule has 1 saturated heterocycles. The van der Waals surface area contributed by atoms with E-state index in [1.165, 1.54) is 12.8 Å². The van der Waals surface area contributed by atoms with Gasteiger partial charge in [0.05, 0.1) is 0 Å². The Bertz CT molecular complexity index is 178. The van der Waals surface area contributed by atoms with Crippen LogP contribution in [0.1, 0.15) is 33.6 Å². The molecule has 1 unspecified atom stereocenters. The number of hydrogen-bond donors (Lipinski definition) is 1. The molecule has 4 nitrogen and oxygen atoms in total. The molecule has 1 aliphatic heterocycles. The molecule has 1 fully saturated rings. The minimum atomic E-state index is -0.0770. The van der Waals surface area contributed by atoms with Gasteiger partial charge in [0.1, 0.15) is 0 Å². The molecule has 1 aliphatic rings. The van der Waals surface area contributed by atoms with Crippen molar-refractivity contribution in [1.82, 2.24) is 10.2 Å². The van der Waals surface area contributed by atoms with Gasteiger partial charge in [-0.15, -0.1) is 0 Å². The standard InChI is InChI=1S/C13H28N2O2/c1-4-15(12-8-7-9-14-10-12)11-13(16-5-2)17-6-3/h12-14H,4-11H2,1-3H3. The lowest BCUT2D eigenvalue weighted by molar-refractivity contribution is -0.150. The SMILES string of the molecule is CCOC(CN(CC)C1CCCNC1)OCC. The summed E-state index contributed by atoms with van der Waals surface area (Å²) in [5, 5.41) is 3.46. The highest BCUT2D eigenvalue weighted by molar-refractivity contribution is 4.78. The molecular formula is C13H28N2O2. The van der Waals surface area contributed by atoms with E-state index in [1.807, 2.05) is 13.8 Å². The van der Waals surface area contributed by atoms with Gasteiger partial charge in [0.25, 0.3) is 0 Å². The van der Waals surface area contributed by atoms with Gasteiger partial charge in [-0.2, -0.15) is 0 Å². The third-order valence-corrected chi connectivity index (χ3v) is 3.28. The minimum Gasteiger partial charge on any atom is -0.352 e. The molecule has 0 radical (unpaired) electrons. The van der Waals surface area contributed by atoms with Crippen LogP contribution in [-0.4, -0.2) is 56.6 Å². The second-order valence-electron chi connectivity index (χ2n) is 4.43. The second kappa shape index (κ2) is 8.86. The van der Waals surface area contributed by atoms with Gasteiger partial charge in [-0.25, -0.2) is 0 Å². The van der Waals surface area contributed by atoms with Gasteiger partial charge in [-0.3, -0.25) is 4.90 Å². The third-order valence-electron chi connectivity index (χ3n) is 3.28. The first kappa shape index (κ1) is 14.9. The van der Waals surface area contributed by atoms with Gasteiger partial charge in [0.15, 0.2) is 6.29 Å². The highest BCUT2D eigenvalue weighted by Crippen LogP contribution is 2.12. The fraction of sp³-hybridized carbons (Fsp3) is 1.00. The summed E-state index contributed by atoms with van der Waals surface area (Å²) >= 11 is 0. The van der Waals surface area contributed by atoms with Gasteiger partial charge < -0.3 is 14.8 Å². The maximum Gasteiger partial charge on any atom is 0.170 e. The van der Waals surface area contributed by atoms with Crippen LogP contribution in [0, 0.1) is 0 Å². The number of nitrogens with one attached hydrogen (secondary N) is 1. The summed E-state index contributed by atoms with van der Waals surface area (Å²) in [7, 11) is 0.